The third-order valence-corrected chi connectivity index (χ3v) is 4.94. The van der Waals surface area contributed by atoms with Gasteiger partial charge in [-0.05, 0) is 53.3 Å². The van der Waals surface area contributed by atoms with Gasteiger partial charge in [0, 0.05) is 4.90 Å². The van der Waals surface area contributed by atoms with Crippen LogP contribution < -0.4 is 0 Å². The number of hydrogen-bond donors (Lipinski definition) is 1. The normalized spacial score (nSPS) is 18.2. The van der Waals surface area contributed by atoms with Crippen molar-refractivity contribution in [1.82, 2.24) is 0 Å². The minimum atomic E-state index is -0.353. The molecule has 3 rings (SSSR count). The first kappa shape index (κ1) is 13.7. The van der Waals surface area contributed by atoms with E-state index < -0.39 is 0 Å². The summed E-state index contributed by atoms with van der Waals surface area (Å²) < 4.78 is 0. The highest BCUT2D eigenvalue weighted by Crippen LogP contribution is 2.40. The monoisotopic (exact) mass is 284 g/mol. The highest BCUT2D eigenvalue weighted by molar-refractivity contribution is 7.99. The molecule has 104 valence electrons. The lowest BCUT2D eigenvalue weighted by Crippen LogP contribution is -2.19. The number of aliphatic hydroxyl groups excluding tert-OH is 1. The van der Waals surface area contributed by atoms with Crippen molar-refractivity contribution in [1.29, 1.82) is 0 Å². The molecule has 0 aromatic heterocycles. The van der Waals surface area contributed by atoms with Crippen LogP contribution in [0.25, 0.3) is 0 Å². The minimum absolute atomic E-state index is 0.353. The number of fused-ring (bicyclic) bond motifs is 1. The molecule has 0 bridgehead atoms. The summed E-state index contributed by atoms with van der Waals surface area (Å²) in [7, 11) is 0. The van der Waals surface area contributed by atoms with Gasteiger partial charge < -0.3 is 5.11 Å². The van der Waals surface area contributed by atoms with Gasteiger partial charge in [0.2, 0.25) is 0 Å². The number of rotatable bonds is 5. The van der Waals surface area contributed by atoms with Crippen LogP contribution in [0.3, 0.4) is 0 Å². The number of thioether (sulfide) groups is 1. The first-order valence-electron chi connectivity index (χ1n) is 7.26. The van der Waals surface area contributed by atoms with Crippen molar-refractivity contribution in [2.45, 2.75) is 36.7 Å². The molecule has 0 fully saturated rings. The van der Waals surface area contributed by atoms with Crippen molar-refractivity contribution < 1.29 is 5.11 Å². The molecule has 0 heterocycles. The second-order valence-corrected chi connectivity index (χ2v) is 6.69. The molecule has 2 atom stereocenters. The highest BCUT2D eigenvalue weighted by atomic mass is 32.2. The van der Waals surface area contributed by atoms with E-state index in [9.17, 15) is 5.11 Å². The summed E-state index contributed by atoms with van der Waals surface area (Å²) >= 11 is 1.83. The van der Waals surface area contributed by atoms with E-state index in [1.807, 2.05) is 11.8 Å². The molecule has 1 aliphatic carbocycles. The van der Waals surface area contributed by atoms with E-state index in [2.05, 4.69) is 55.5 Å². The second-order valence-electron chi connectivity index (χ2n) is 5.35. The predicted molar refractivity (Wildman–Crippen MR) is 85.3 cm³/mol. The molecule has 0 amide bonds. The molecule has 2 aromatic carbocycles. The van der Waals surface area contributed by atoms with Crippen molar-refractivity contribution in [3.63, 3.8) is 0 Å². The Hall–Kier alpha value is -1.25. The van der Waals surface area contributed by atoms with Crippen LogP contribution in [0.5, 0.6) is 0 Å². The van der Waals surface area contributed by atoms with Crippen molar-refractivity contribution >= 4 is 11.8 Å². The van der Waals surface area contributed by atoms with E-state index in [-0.39, 0.29) is 6.10 Å². The Balaban J connectivity index is 1.64. The van der Waals surface area contributed by atoms with Crippen molar-refractivity contribution in [2.75, 3.05) is 5.75 Å². The fourth-order valence-corrected chi connectivity index (χ4v) is 3.59. The van der Waals surface area contributed by atoms with Gasteiger partial charge in [0.05, 0.1) is 6.10 Å². The molecular formula is C18H20OS. The fraction of sp³-hybridized carbons (Fsp3) is 0.333. The van der Waals surface area contributed by atoms with Crippen LogP contribution in [-0.2, 0) is 6.42 Å². The van der Waals surface area contributed by atoms with Crippen molar-refractivity contribution in [3.05, 3.63) is 65.2 Å². The molecule has 1 aliphatic rings. The average Bonchev–Trinajstić information content (AvgIpc) is 2.46. The summed E-state index contributed by atoms with van der Waals surface area (Å²) in [6, 6.07) is 16.9. The SMILES string of the molecule is CCSc1ccc(C(O)CC2Cc3ccccc32)cc1. The van der Waals surface area contributed by atoms with Gasteiger partial charge in [-0.2, -0.15) is 0 Å². The highest BCUT2D eigenvalue weighted by Gasteiger charge is 2.27. The van der Waals surface area contributed by atoms with Crippen LogP contribution in [0.15, 0.2) is 53.4 Å². The van der Waals surface area contributed by atoms with Crippen LogP contribution in [0.2, 0.25) is 0 Å². The largest absolute Gasteiger partial charge is 0.388 e. The fourth-order valence-electron chi connectivity index (χ4n) is 2.93. The Bertz CT molecular complexity index is 576. The predicted octanol–water partition coefficient (Wildman–Crippen LogP) is 4.56. The number of aliphatic hydroxyl groups is 1. The van der Waals surface area contributed by atoms with Gasteiger partial charge in [0.15, 0.2) is 0 Å². The zero-order valence-electron chi connectivity index (χ0n) is 11.8. The van der Waals surface area contributed by atoms with Gasteiger partial charge >= 0.3 is 0 Å². The van der Waals surface area contributed by atoms with Crippen molar-refractivity contribution in [2.24, 2.45) is 0 Å². The Kier molecular flexibility index (Phi) is 4.13. The number of hydrogen-bond acceptors (Lipinski definition) is 2. The lowest BCUT2D eigenvalue weighted by Gasteiger charge is -2.31. The maximum absolute atomic E-state index is 10.4. The molecule has 0 saturated heterocycles. The van der Waals surface area contributed by atoms with Crippen LogP contribution in [-0.4, -0.2) is 10.9 Å². The third kappa shape index (κ3) is 2.77. The lowest BCUT2D eigenvalue weighted by molar-refractivity contribution is 0.153. The maximum Gasteiger partial charge on any atom is 0.0796 e. The first-order chi connectivity index (χ1) is 9.78. The smallest absolute Gasteiger partial charge is 0.0796 e. The quantitative estimate of drug-likeness (QED) is 0.812. The summed E-state index contributed by atoms with van der Waals surface area (Å²) in [6.07, 6.45) is 1.59. The van der Waals surface area contributed by atoms with Crippen molar-refractivity contribution in [3.8, 4) is 0 Å². The van der Waals surface area contributed by atoms with Gasteiger partial charge in [0.1, 0.15) is 0 Å². The summed E-state index contributed by atoms with van der Waals surface area (Å²) in [5.74, 6) is 1.60. The van der Waals surface area contributed by atoms with Crippen LogP contribution in [0, 0.1) is 0 Å². The van der Waals surface area contributed by atoms with Gasteiger partial charge in [-0.3, -0.25) is 0 Å². The van der Waals surface area contributed by atoms with Crippen LogP contribution >= 0.6 is 11.8 Å². The standard InChI is InChI=1S/C18H20OS/c1-2-20-16-9-7-13(8-10-16)18(19)12-15-11-14-5-3-4-6-17(14)15/h3-10,15,18-19H,2,11-12H2,1H3. The molecule has 1 nitrogen and oxygen atoms in total. The van der Waals surface area contributed by atoms with E-state index >= 15 is 0 Å². The second kappa shape index (κ2) is 6.02. The summed E-state index contributed by atoms with van der Waals surface area (Å²) in [4.78, 5) is 1.28. The Morgan fingerprint density at radius 1 is 1.15 bits per heavy atom. The molecule has 2 unspecified atom stereocenters. The summed E-state index contributed by atoms with van der Waals surface area (Å²) in [5.41, 5.74) is 3.90. The molecule has 1 N–H and O–H groups in total. The minimum Gasteiger partial charge on any atom is -0.388 e. The molecular weight excluding hydrogens is 264 g/mol. The maximum atomic E-state index is 10.4. The zero-order valence-corrected chi connectivity index (χ0v) is 12.6. The molecule has 2 heteroatoms. The van der Waals surface area contributed by atoms with Gasteiger partial charge in [-0.15, -0.1) is 11.8 Å². The molecule has 20 heavy (non-hydrogen) atoms. The average molecular weight is 284 g/mol. The van der Waals surface area contributed by atoms with E-state index in [0.717, 1.165) is 24.2 Å². The molecule has 0 radical (unpaired) electrons. The zero-order chi connectivity index (χ0) is 13.9. The molecule has 0 spiro atoms. The third-order valence-electron chi connectivity index (χ3n) is 4.04. The summed E-state index contributed by atoms with van der Waals surface area (Å²) in [5, 5.41) is 10.4. The number of benzene rings is 2. The Morgan fingerprint density at radius 2 is 1.90 bits per heavy atom. The van der Waals surface area contributed by atoms with Crippen LogP contribution in [0.1, 0.15) is 42.1 Å². The van der Waals surface area contributed by atoms with E-state index in [1.54, 1.807) is 0 Å². The lowest BCUT2D eigenvalue weighted by atomic mass is 9.74. The first-order valence-corrected chi connectivity index (χ1v) is 8.25. The van der Waals surface area contributed by atoms with Gasteiger partial charge in [-0.1, -0.05) is 43.3 Å². The Labute approximate surface area is 125 Å². The molecule has 0 saturated carbocycles. The van der Waals surface area contributed by atoms with Crippen LogP contribution in [0.4, 0.5) is 0 Å². The van der Waals surface area contributed by atoms with Gasteiger partial charge in [0.25, 0.3) is 0 Å². The molecule has 0 aliphatic heterocycles. The summed E-state index contributed by atoms with van der Waals surface area (Å²) in [6.45, 7) is 2.15. The Morgan fingerprint density at radius 3 is 2.60 bits per heavy atom. The van der Waals surface area contributed by atoms with Gasteiger partial charge in [-0.25, -0.2) is 0 Å². The topological polar surface area (TPSA) is 20.2 Å². The van der Waals surface area contributed by atoms with E-state index in [4.69, 9.17) is 0 Å². The van der Waals surface area contributed by atoms with E-state index in [0.29, 0.717) is 5.92 Å². The molecule has 2 aromatic rings. The van der Waals surface area contributed by atoms with E-state index in [1.165, 1.54) is 16.0 Å².